The molecular formula is C13H15BClNO4. The monoisotopic (exact) mass is 295 g/mol. The van der Waals surface area contributed by atoms with E-state index < -0.39 is 7.12 Å². The van der Waals surface area contributed by atoms with Crippen LogP contribution >= 0.6 is 11.6 Å². The van der Waals surface area contributed by atoms with Gasteiger partial charge in [0, 0.05) is 25.5 Å². The van der Waals surface area contributed by atoms with Crippen molar-refractivity contribution in [3.63, 3.8) is 0 Å². The number of carbonyl (C=O) groups is 2. The van der Waals surface area contributed by atoms with Gasteiger partial charge in [0.05, 0.1) is 11.6 Å². The Hall–Kier alpha value is -1.37. The van der Waals surface area contributed by atoms with Crippen LogP contribution in [0, 0.1) is 0 Å². The van der Waals surface area contributed by atoms with Crippen LogP contribution in [0.25, 0.3) is 0 Å². The van der Waals surface area contributed by atoms with Gasteiger partial charge in [0.1, 0.15) is 0 Å². The van der Waals surface area contributed by atoms with Crippen LogP contribution in [0.4, 0.5) is 0 Å². The number of ketones is 1. The lowest BCUT2D eigenvalue weighted by molar-refractivity contribution is -0.118. The number of rotatable bonds is 5. The molecule has 2 N–H and O–H groups in total. The zero-order valence-electron chi connectivity index (χ0n) is 11.1. The van der Waals surface area contributed by atoms with Crippen LogP contribution in [-0.2, 0) is 16.1 Å². The molecule has 0 unspecified atom stereocenters. The lowest BCUT2D eigenvalue weighted by Gasteiger charge is -2.07. The molecule has 1 aromatic rings. The van der Waals surface area contributed by atoms with E-state index >= 15 is 0 Å². The van der Waals surface area contributed by atoms with Crippen molar-refractivity contribution in [3.05, 3.63) is 28.3 Å². The van der Waals surface area contributed by atoms with E-state index in [1.54, 1.807) is 12.1 Å². The van der Waals surface area contributed by atoms with E-state index in [-0.39, 0.29) is 18.1 Å². The predicted octanol–water partition coefficient (Wildman–Crippen LogP) is 0.657. The summed E-state index contributed by atoms with van der Waals surface area (Å²) in [6.07, 6.45) is 0.834. The van der Waals surface area contributed by atoms with Crippen molar-refractivity contribution in [2.45, 2.75) is 26.4 Å². The molecule has 106 valence electrons. The molecule has 1 amide bonds. The number of fused-ring (bicyclic) bond motifs is 1. The van der Waals surface area contributed by atoms with Gasteiger partial charge in [-0.1, -0.05) is 11.6 Å². The fraction of sp³-hybridized carbons (Fsp3) is 0.385. The summed E-state index contributed by atoms with van der Waals surface area (Å²) in [6, 6.07) is 3.25. The topological polar surface area (TPSA) is 75.6 Å². The smallest absolute Gasteiger partial charge is 0.423 e. The molecule has 7 heteroatoms. The van der Waals surface area contributed by atoms with Gasteiger partial charge in [0.2, 0.25) is 5.91 Å². The van der Waals surface area contributed by atoms with Crippen molar-refractivity contribution in [1.82, 2.24) is 5.32 Å². The average molecular weight is 296 g/mol. The van der Waals surface area contributed by atoms with Gasteiger partial charge < -0.3 is 15.0 Å². The first-order valence-corrected chi connectivity index (χ1v) is 6.76. The summed E-state index contributed by atoms with van der Waals surface area (Å²) in [7, 11) is -0.992. The van der Waals surface area contributed by atoms with E-state index in [1.807, 2.05) is 0 Å². The van der Waals surface area contributed by atoms with Crippen LogP contribution < -0.4 is 10.8 Å². The van der Waals surface area contributed by atoms with Crippen molar-refractivity contribution in [3.8, 4) is 0 Å². The maximum absolute atomic E-state index is 12.1. The molecule has 1 aliphatic heterocycles. The normalized spacial score (nSPS) is 13.2. The Morgan fingerprint density at radius 1 is 1.50 bits per heavy atom. The molecule has 0 atom stereocenters. The number of hydrogen-bond acceptors (Lipinski definition) is 4. The highest BCUT2D eigenvalue weighted by molar-refractivity contribution is 6.61. The largest absolute Gasteiger partial charge is 0.491 e. The molecule has 0 spiro atoms. The lowest BCUT2D eigenvalue weighted by Crippen LogP contribution is -2.29. The molecule has 0 radical (unpaired) electrons. The van der Waals surface area contributed by atoms with Gasteiger partial charge in [-0.15, -0.1) is 0 Å². The molecule has 5 nitrogen and oxygen atoms in total. The Labute approximate surface area is 122 Å². The number of benzene rings is 1. The van der Waals surface area contributed by atoms with Crippen LogP contribution in [0.1, 0.15) is 35.7 Å². The van der Waals surface area contributed by atoms with E-state index in [4.69, 9.17) is 16.3 Å². The Morgan fingerprint density at radius 2 is 2.25 bits per heavy atom. The number of carbonyl (C=O) groups excluding carboxylic acids is 2. The molecule has 0 saturated heterocycles. The van der Waals surface area contributed by atoms with Crippen LogP contribution in [0.2, 0.25) is 5.02 Å². The fourth-order valence-electron chi connectivity index (χ4n) is 2.11. The third-order valence-electron chi connectivity index (χ3n) is 3.15. The molecule has 0 aliphatic carbocycles. The highest BCUT2D eigenvalue weighted by Gasteiger charge is 2.29. The Morgan fingerprint density at radius 3 is 2.95 bits per heavy atom. The fourth-order valence-corrected chi connectivity index (χ4v) is 2.40. The average Bonchev–Trinajstić information content (AvgIpc) is 2.74. The molecule has 20 heavy (non-hydrogen) atoms. The van der Waals surface area contributed by atoms with Crippen LogP contribution in [0.15, 0.2) is 12.1 Å². The number of nitrogens with one attached hydrogen (secondary N) is 1. The summed E-state index contributed by atoms with van der Waals surface area (Å²) in [4.78, 5) is 22.8. The molecule has 2 rings (SSSR count). The van der Waals surface area contributed by atoms with Crippen LogP contribution in [-0.4, -0.2) is 30.4 Å². The maximum Gasteiger partial charge on any atom is 0.491 e. The van der Waals surface area contributed by atoms with Gasteiger partial charge >= 0.3 is 7.12 Å². The van der Waals surface area contributed by atoms with Gasteiger partial charge in [-0.3, -0.25) is 9.59 Å². The summed E-state index contributed by atoms with van der Waals surface area (Å²) in [5.74, 6) is -0.226. The third kappa shape index (κ3) is 3.39. The number of hydrogen-bond donors (Lipinski definition) is 2. The van der Waals surface area contributed by atoms with Crippen molar-refractivity contribution >= 4 is 35.9 Å². The highest BCUT2D eigenvalue weighted by Crippen LogP contribution is 2.22. The first-order chi connectivity index (χ1) is 9.49. The van der Waals surface area contributed by atoms with Gasteiger partial charge in [0.15, 0.2) is 5.78 Å². The van der Waals surface area contributed by atoms with Crippen molar-refractivity contribution in [2.75, 3.05) is 6.54 Å². The quantitative estimate of drug-likeness (QED) is 0.475. The minimum absolute atomic E-state index is 0.109. The number of halogens is 1. The highest BCUT2D eigenvalue weighted by atomic mass is 35.5. The van der Waals surface area contributed by atoms with Crippen molar-refractivity contribution in [1.29, 1.82) is 0 Å². The zero-order chi connectivity index (χ0) is 14.7. The molecule has 0 bridgehead atoms. The molecule has 0 fully saturated rings. The van der Waals surface area contributed by atoms with Crippen molar-refractivity contribution < 1.29 is 19.3 Å². The standard InChI is InChI=1S/C13H15BClNO4/c1-8(17)16-4-2-3-13(18)10-6-11-9(5-12(10)15)7-20-14(11)19/h5-6,19H,2-4,7H2,1H3,(H,16,17). The molecule has 1 aliphatic rings. The maximum atomic E-state index is 12.1. The summed E-state index contributed by atoms with van der Waals surface area (Å²) in [5, 5.41) is 12.6. The molecular weight excluding hydrogens is 280 g/mol. The minimum Gasteiger partial charge on any atom is -0.423 e. The van der Waals surface area contributed by atoms with Gasteiger partial charge in [-0.25, -0.2) is 0 Å². The Bertz CT molecular complexity index is 549. The zero-order valence-corrected chi connectivity index (χ0v) is 11.9. The second kappa shape index (κ2) is 6.39. The summed E-state index contributed by atoms with van der Waals surface area (Å²) in [5.41, 5.74) is 1.79. The van der Waals surface area contributed by atoms with E-state index in [0.29, 0.717) is 35.6 Å². The summed E-state index contributed by atoms with van der Waals surface area (Å²) in [6.45, 7) is 2.18. The lowest BCUT2D eigenvalue weighted by atomic mass is 9.78. The second-order valence-corrected chi connectivity index (χ2v) is 5.11. The Kier molecular flexibility index (Phi) is 4.80. The molecule has 0 aromatic heterocycles. The SMILES string of the molecule is CC(=O)NCCCC(=O)c1cc2c(cc1Cl)COB2O. The van der Waals surface area contributed by atoms with E-state index in [0.717, 1.165) is 5.56 Å². The van der Waals surface area contributed by atoms with Gasteiger partial charge in [-0.05, 0) is 29.6 Å². The molecule has 1 heterocycles. The van der Waals surface area contributed by atoms with Crippen LogP contribution in [0.5, 0.6) is 0 Å². The van der Waals surface area contributed by atoms with E-state index in [1.165, 1.54) is 6.92 Å². The Balaban J connectivity index is 2.03. The first kappa shape index (κ1) is 15.0. The van der Waals surface area contributed by atoms with Gasteiger partial charge in [-0.2, -0.15) is 0 Å². The second-order valence-electron chi connectivity index (χ2n) is 4.70. The predicted molar refractivity (Wildman–Crippen MR) is 76.1 cm³/mol. The van der Waals surface area contributed by atoms with Gasteiger partial charge in [0.25, 0.3) is 0 Å². The van der Waals surface area contributed by atoms with Crippen LogP contribution in [0.3, 0.4) is 0 Å². The number of amides is 1. The van der Waals surface area contributed by atoms with E-state index in [2.05, 4.69) is 5.32 Å². The summed E-state index contributed by atoms with van der Waals surface area (Å²) < 4.78 is 5.08. The summed E-state index contributed by atoms with van der Waals surface area (Å²) >= 11 is 6.09. The molecule has 0 saturated carbocycles. The number of Topliss-reactive ketones (excluding diaryl/α,β-unsaturated/α-hetero) is 1. The third-order valence-corrected chi connectivity index (χ3v) is 3.46. The van der Waals surface area contributed by atoms with Crippen molar-refractivity contribution in [2.24, 2.45) is 0 Å². The first-order valence-electron chi connectivity index (χ1n) is 6.38. The van der Waals surface area contributed by atoms with E-state index in [9.17, 15) is 14.6 Å². The molecule has 1 aromatic carbocycles. The minimum atomic E-state index is -0.992.